The summed E-state index contributed by atoms with van der Waals surface area (Å²) in [7, 11) is 0. The standard InChI is InChI=1S/C33H31F2N/c1-20-14-27-25-9-5-4-8-23(25)17-28(27)29(15-20)32-30-16-22(24-12-13-33(34,35)18-24)10-11-26(30)31(19-36-32)21-6-2-3-7-21/h4-5,8-11,14-16,19,21,24H,2-3,6-7,12-13,17-18H2,1H3. The van der Waals surface area contributed by atoms with Crippen molar-refractivity contribution >= 4 is 10.8 Å². The largest absolute Gasteiger partial charge is 0.255 e. The molecule has 0 spiro atoms. The molecule has 36 heavy (non-hydrogen) atoms. The van der Waals surface area contributed by atoms with E-state index in [0.29, 0.717) is 12.3 Å². The van der Waals surface area contributed by atoms with Crippen LogP contribution >= 0.6 is 0 Å². The molecule has 0 N–H and O–H groups in total. The Kier molecular flexibility index (Phi) is 5.06. The van der Waals surface area contributed by atoms with Crippen molar-refractivity contribution in [3.05, 3.63) is 88.6 Å². The number of aryl methyl sites for hydroxylation is 1. The van der Waals surface area contributed by atoms with E-state index in [9.17, 15) is 8.78 Å². The summed E-state index contributed by atoms with van der Waals surface area (Å²) in [6, 6.07) is 19.8. The molecule has 1 atom stereocenters. The van der Waals surface area contributed by atoms with Crippen LogP contribution in [0.15, 0.2) is 60.8 Å². The Morgan fingerprint density at radius 1 is 0.833 bits per heavy atom. The van der Waals surface area contributed by atoms with Crippen LogP contribution in [-0.2, 0) is 6.42 Å². The van der Waals surface area contributed by atoms with E-state index in [2.05, 4.69) is 67.7 Å². The number of hydrogen-bond donors (Lipinski definition) is 0. The van der Waals surface area contributed by atoms with Crippen LogP contribution in [0.3, 0.4) is 0 Å². The third kappa shape index (κ3) is 3.58. The summed E-state index contributed by atoms with van der Waals surface area (Å²) in [6.07, 6.45) is 8.49. The Morgan fingerprint density at radius 3 is 2.44 bits per heavy atom. The maximum atomic E-state index is 14.1. The lowest BCUT2D eigenvalue weighted by atomic mass is 9.87. The van der Waals surface area contributed by atoms with Gasteiger partial charge in [-0.1, -0.05) is 55.3 Å². The van der Waals surface area contributed by atoms with E-state index < -0.39 is 5.92 Å². The summed E-state index contributed by atoms with van der Waals surface area (Å²) in [6.45, 7) is 2.16. The highest BCUT2D eigenvalue weighted by atomic mass is 19.3. The molecule has 1 aromatic heterocycles. The number of hydrogen-bond acceptors (Lipinski definition) is 1. The Morgan fingerprint density at radius 2 is 1.64 bits per heavy atom. The zero-order valence-corrected chi connectivity index (χ0v) is 20.8. The van der Waals surface area contributed by atoms with Gasteiger partial charge in [-0.25, -0.2) is 8.78 Å². The second-order valence-electron chi connectivity index (χ2n) is 11.3. The summed E-state index contributed by atoms with van der Waals surface area (Å²) >= 11 is 0. The number of rotatable bonds is 3. The lowest BCUT2D eigenvalue weighted by Crippen LogP contribution is -2.09. The molecule has 3 aliphatic carbocycles. The van der Waals surface area contributed by atoms with Crippen molar-refractivity contribution in [3.63, 3.8) is 0 Å². The van der Waals surface area contributed by atoms with E-state index in [-0.39, 0.29) is 18.8 Å². The molecule has 1 unspecified atom stereocenters. The zero-order chi connectivity index (χ0) is 24.4. The SMILES string of the molecule is Cc1cc2c(c(-c3ncc(C4CCCC4)c4ccc(C5CCC(F)(F)C5)cc34)c1)Cc1ccccc1-2. The molecule has 0 aliphatic heterocycles. The minimum absolute atomic E-state index is 0.00737. The molecular weight excluding hydrogens is 448 g/mol. The van der Waals surface area contributed by atoms with Gasteiger partial charge in [0.15, 0.2) is 0 Å². The summed E-state index contributed by atoms with van der Waals surface area (Å²) in [4.78, 5) is 5.15. The fourth-order valence-electron chi connectivity index (χ4n) is 7.13. The molecule has 3 heteroatoms. The van der Waals surface area contributed by atoms with Crippen molar-refractivity contribution in [2.24, 2.45) is 0 Å². The third-order valence-electron chi connectivity index (χ3n) is 8.94. The summed E-state index contributed by atoms with van der Waals surface area (Å²) < 4.78 is 28.2. The number of nitrogens with zero attached hydrogens (tertiary/aromatic N) is 1. The maximum absolute atomic E-state index is 14.1. The van der Waals surface area contributed by atoms with Gasteiger partial charge >= 0.3 is 0 Å². The fourth-order valence-corrected chi connectivity index (χ4v) is 7.13. The van der Waals surface area contributed by atoms with Crippen molar-refractivity contribution in [1.29, 1.82) is 0 Å². The molecular formula is C33H31F2N. The molecule has 0 amide bonds. The molecule has 182 valence electrons. The number of alkyl halides is 2. The van der Waals surface area contributed by atoms with Gasteiger partial charge in [0.2, 0.25) is 5.92 Å². The van der Waals surface area contributed by atoms with Gasteiger partial charge in [0.05, 0.1) is 5.69 Å². The van der Waals surface area contributed by atoms with Crippen molar-refractivity contribution in [1.82, 2.24) is 4.98 Å². The average molecular weight is 480 g/mol. The molecule has 2 fully saturated rings. The van der Waals surface area contributed by atoms with Crippen LogP contribution in [0.2, 0.25) is 0 Å². The monoisotopic (exact) mass is 479 g/mol. The van der Waals surface area contributed by atoms with Crippen LogP contribution in [0.5, 0.6) is 0 Å². The molecule has 1 heterocycles. The molecule has 0 radical (unpaired) electrons. The van der Waals surface area contributed by atoms with E-state index in [1.54, 1.807) is 0 Å². The third-order valence-corrected chi connectivity index (χ3v) is 8.94. The smallest absolute Gasteiger partial charge is 0.248 e. The summed E-state index contributed by atoms with van der Waals surface area (Å²) in [5.74, 6) is -2.08. The minimum Gasteiger partial charge on any atom is -0.255 e. The normalized spacial score (nSPS) is 20.7. The summed E-state index contributed by atoms with van der Waals surface area (Å²) in [5, 5.41) is 2.39. The first-order chi connectivity index (χ1) is 17.5. The molecule has 2 saturated carbocycles. The topological polar surface area (TPSA) is 12.9 Å². The van der Waals surface area contributed by atoms with Crippen molar-refractivity contribution in [2.45, 2.75) is 76.0 Å². The van der Waals surface area contributed by atoms with E-state index in [1.165, 1.54) is 70.0 Å². The van der Waals surface area contributed by atoms with Crippen LogP contribution in [0.25, 0.3) is 33.2 Å². The van der Waals surface area contributed by atoms with E-state index in [0.717, 1.165) is 23.1 Å². The van der Waals surface area contributed by atoms with Crippen LogP contribution in [0, 0.1) is 6.92 Å². The first-order valence-electron chi connectivity index (χ1n) is 13.5. The maximum Gasteiger partial charge on any atom is 0.248 e. The lowest BCUT2D eigenvalue weighted by Gasteiger charge is -2.19. The van der Waals surface area contributed by atoms with Gasteiger partial charge in [-0.2, -0.15) is 0 Å². The van der Waals surface area contributed by atoms with E-state index in [4.69, 9.17) is 4.98 Å². The average Bonchev–Trinajstić information content (AvgIpc) is 3.61. The van der Waals surface area contributed by atoms with Gasteiger partial charge in [0, 0.05) is 30.0 Å². The lowest BCUT2D eigenvalue weighted by molar-refractivity contribution is 0.00777. The Bertz CT molecular complexity index is 1500. The number of aromatic nitrogens is 1. The molecule has 4 aromatic rings. The second kappa shape index (κ2) is 8.23. The second-order valence-corrected chi connectivity index (χ2v) is 11.3. The first kappa shape index (κ1) is 22.2. The zero-order valence-electron chi connectivity index (χ0n) is 20.8. The number of benzene rings is 3. The van der Waals surface area contributed by atoms with Gasteiger partial charge in [-0.05, 0) is 101 Å². The predicted octanol–water partition coefficient (Wildman–Crippen LogP) is 9.34. The Balaban J connectivity index is 1.44. The fraction of sp³-hybridized carbons (Fsp3) is 0.364. The van der Waals surface area contributed by atoms with Gasteiger partial charge in [-0.15, -0.1) is 0 Å². The Labute approximate surface area is 211 Å². The molecule has 3 aliphatic rings. The number of fused-ring (bicyclic) bond motifs is 4. The van der Waals surface area contributed by atoms with Gasteiger partial charge < -0.3 is 0 Å². The molecule has 0 bridgehead atoms. The highest BCUT2D eigenvalue weighted by Gasteiger charge is 2.40. The summed E-state index contributed by atoms with van der Waals surface area (Å²) in [5.41, 5.74) is 11.1. The van der Waals surface area contributed by atoms with Gasteiger partial charge in [-0.3, -0.25) is 4.98 Å². The van der Waals surface area contributed by atoms with Crippen molar-refractivity contribution < 1.29 is 8.78 Å². The van der Waals surface area contributed by atoms with Crippen molar-refractivity contribution in [2.75, 3.05) is 0 Å². The molecule has 0 saturated heterocycles. The molecule has 3 aromatic carbocycles. The van der Waals surface area contributed by atoms with Crippen LogP contribution in [0.4, 0.5) is 8.78 Å². The Hall–Kier alpha value is -3.07. The van der Waals surface area contributed by atoms with Crippen LogP contribution < -0.4 is 0 Å². The van der Waals surface area contributed by atoms with Gasteiger partial charge in [0.1, 0.15) is 0 Å². The number of pyridine rings is 1. The van der Waals surface area contributed by atoms with Gasteiger partial charge in [0.25, 0.3) is 0 Å². The highest BCUT2D eigenvalue weighted by Crippen LogP contribution is 2.48. The number of halogens is 2. The first-order valence-corrected chi connectivity index (χ1v) is 13.5. The quantitative estimate of drug-likeness (QED) is 0.251. The molecule has 1 nitrogen and oxygen atoms in total. The van der Waals surface area contributed by atoms with E-state index >= 15 is 0 Å². The van der Waals surface area contributed by atoms with E-state index in [1.807, 2.05) is 0 Å². The predicted molar refractivity (Wildman–Crippen MR) is 143 cm³/mol. The van der Waals surface area contributed by atoms with Crippen molar-refractivity contribution in [3.8, 4) is 22.4 Å². The van der Waals surface area contributed by atoms with Crippen LogP contribution in [0.1, 0.15) is 84.6 Å². The highest BCUT2D eigenvalue weighted by molar-refractivity contribution is 5.99. The minimum atomic E-state index is -2.55. The molecule has 7 rings (SSSR count). The van der Waals surface area contributed by atoms with Crippen LogP contribution in [-0.4, -0.2) is 10.9 Å².